The second kappa shape index (κ2) is 9.39. The average Bonchev–Trinajstić information content (AvgIpc) is 2.87. The van der Waals surface area contributed by atoms with E-state index in [9.17, 15) is 13.2 Å². The highest BCUT2D eigenvalue weighted by atomic mass is 19.4. The van der Waals surface area contributed by atoms with Gasteiger partial charge in [-0.3, -0.25) is 0 Å². The maximum absolute atomic E-state index is 13.0. The summed E-state index contributed by atoms with van der Waals surface area (Å²) in [6.45, 7) is 4.31. The van der Waals surface area contributed by atoms with Crippen molar-refractivity contribution in [3.8, 4) is 11.1 Å². The lowest BCUT2D eigenvalue weighted by molar-refractivity contribution is -0.137. The number of hydrogen-bond donors (Lipinski definition) is 2. The number of alkyl halides is 3. The van der Waals surface area contributed by atoms with Gasteiger partial charge in [0.15, 0.2) is 0 Å². The van der Waals surface area contributed by atoms with Crippen LogP contribution in [0.2, 0.25) is 0 Å². The molecule has 174 valence electrons. The van der Waals surface area contributed by atoms with E-state index < -0.39 is 11.7 Å². The summed E-state index contributed by atoms with van der Waals surface area (Å²) >= 11 is 0. The van der Waals surface area contributed by atoms with Gasteiger partial charge in [0, 0.05) is 32.7 Å². The van der Waals surface area contributed by atoms with Crippen LogP contribution >= 0.6 is 0 Å². The lowest BCUT2D eigenvalue weighted by Crippen LogP contribution is -2.43. The third kappa shape index (κ3) is 4.87. The van der Waals surface area contributed by atoms with Crippen molar-refractivity contribution in [2.24, 2.45) is 0 Å². The lowest BCUT2D eigenvalue weighted by atomic mass is 10.0. The Labute approximate surface area is 197 Å². The monoisotopic (exact) mass is 461 g/mol. The van der Waals surface area contributed by atoms with Crippen molar-refractivity contribution in [1.82, 2.24) is 5.32 Å². The third-order valence-corrected chi connectivity index (χ3v) is 6.30. The molecule has 1 saturated heterocycles. The van der Waals surface area contributed by atoms with Crippen LogP contribution in [-0.4, -0.2) is 26.2 Å². The maximum Gasteiger partial charge on any atom is 0.416 e. The molecule has 4 aromatic carbocycles. The van der Waals surface area contributed by atoms with Crippen LogP contribution in [0.5, 0.6) is 0 Å². The van der Waals surface area contributed by atoms with Gasteiger partial charge in [0.05, 0.1) is 16.9 Å². The Hall–Kier alpha value is -3.51. The molecular formula is C28H26F3N3. The summed E-state index contributed by atoms with van der Waals surface area (Å²) in [5.74, 6) is 0. The number of fused-ring (bicyclic) bond motifs is 1. The van der Waals surface area contributed by atoms with E-state index in [1.807, 2.05) is 24.3 Å². The third-order valence-electron chi connectivity index (χ3n) is 6.30. The first-order valence-corrected chi connectivity index (χ1v) is 11.5. The minimum absolute atomic E-state index is 0.636. The molecule has 0 aliphatic carbocycles. The largest absolute Gasteiger partial charge is 0.416 e. The van der Waals surface area contributed by atoms with E-state index in [-0.39, 0.29) is 0 Å². The molecule has 1 aliphatic rings. The molecule has 0 saturated carbocycles. The second-order valence-electron chi connectivity index (χ2n) is 8.58. The molecule has 1 aliphatic heterocycles. The number of anilines is 2. The van der Waals surface area contributed by atoms with Gasteiger partial charge in [0.2, 0.25) is 0 Å². The van der Waals surface area contributed by atoms with E-state index in [0.29, 0.717) is 6.54 Å². The number of benzene rings is 4. The minimum atomic E-state index is -4.34. The Morgan fingerprint density at radius 3 is 2.21 bits per heavy atom. The van der Waals surface area contributed by atoms with Gasteiger partial charge < -0.3 is 15.5 Å². The summed E-state index contributed by atoms with van der Waals surface area (Å²) in [6.07, 6.45) is -4.34. The molecule has 0 unspecified atom stereocenters. The Morgan fingerprint density at radius 1 is 0.765 bits per heavy atom. The summed E-state index contributed by atoms with van der Waals surface area (Å²) in [7, 11) is 0. The smallest absolute Gasteiger partial charge is 0.379 e. The molecule has 0 aromatic heterocycles. The molecule has 1 heterocycles. The summed E-state index contributed by atoms with van der Waals surface area (Å²) in [5, 5.41) is 9.38. The highest BCUT2D eigenvalue weighted by Gasteiger charge is 2.30. The van der Waals surface area contributed by atoms with Gasteiger partial charge in [-0.05, 0) is 57.8 Å². The van der Waals surface area contributed by atoms with Crippen LogP contribution in [0.25, 0.3) is 21.9 Å². The first-order chi connectivity index (χ1) is 16.5. The zero-order chi connectivity index (χ0) is 23.5. The van der Waals surface area contributed by atoms with Crippen LogP contribution in [0.4, 0.5) is 24.5 Å². The zero-order valence-electron chi connectivity index (χ0n) is 18.7. The Balaban J connectivity index is 1.44. The Bertz CT molecular complexity index is 1280. The number of rotatable bonds is 5. The van der Waals surface area contributed by atoms with Crippen molar-refractivity contribution in [2.75, 3.05) is 36.4 Å². The zero-order valence-corrected chi connectivity index (χ0v) is 18.7. The van der Waals surface area contributed by atoms with E-state index in [2.05, 4.69) is 51.9 Å². The molecule has 6 heteroatoms. The van der Waals surface area contributed by atoms with Crippen molar-refractivity contribution in [1.29, 1.82) is 0 Å². The molecule has 34 heavy (non-hydrogen) atoms. The maximum atomic E-state index is 13.0. The first-order valence-electron chi connectivity index (χ1n) is 11.5. The predicted octanol–water partition coefficient (Wildman–Crippen LogP) is 6.55. The highest BCUT2D eigenvalue weighted by Crippen LogP contribution is 2.35. The van der Waals surface area contributed by atoms with Gasteiger partial charge in [0.25, 0.3) is 0 Å². The molecule has 3 nitrogen and oxygen atoms in total. The molecule has 1 fully saturated rings. The molecular weight excluding hydrogens is 435 g/mol. The second-order valence-corrected chi connectivity index (χ2v) is 8.58. The van der Waals surface area contributed by atoms with Crippen molar-refractivity contribution < 1.29 is 13.2 Å². The Kier molecular flexibility index (Phi) is 6.16. The van der Waals surface area contributed by atoms with E-state index in [1.165, 1.54) is 28.5 Å². The van der Waals surface area contributed by atoms with Crippen LogP contribution in [0.1, 0.15) is 11.1 Å². The van der Waals surface area contributed by atoms with Gasteiger partial charge in [-0.2, -0.15) is 13.2 Å². The number of hydrogen-bond acceptors (Lipinski definition) is 3. The standard InChI is InChI=1S/C28H26F3N3/c29-28(30,31)25-10-7-22(8-11-25)24-9-12-27(34-15-13-32-14-16-34)26(18-24)33-19-20-5-6-21-3-1-2-4-23(21)17-20/h1-12,17-18,32-33H,13-16,19H2. The SMILES string of the molecule is FC(F)(F)c1ccc(-c2ccc(N3CCNCC3)c(NCc3ccc4ccccc4c3)c2)cc1. The van der Waals surface area contributed by atoms with Crippen LogP contribution < -0.4 is 15.5 Å². The fourth-order valence-electron chi connectivity index (χ4n) is 4.44. The molecule has 0 bridgehead atoms. The molecule has 0 atom stereocenters. The summed E-state index contributed by atoms with van der Waals surface area (Å²) in [5.41, 5.74) is 4.26. The lowest BCUT2D eigenvalue weighted by Gasteiger charge is -2.31. The van der Waals surface area contributed by atoms with Crippen LogP contribution in [0.15, 0.2) is 84.9 Å². The minimum Gasteiger partial charge on any atom is -0.379 e. The molecule has 2 N–H and O–H groups in total. The van der Waals surface area contributed by atoms with Crippen LogP contribution in [0, 0.1) is 0 Å². The highest BCUT2D eigenvalue weighted by molar-refractivity contribution is 5.83. The van der Waals surface area contributed by atoms with Gasteiger partial charge in [-0.25, -0.2) is 0 Å². The van der Waals surface area contributed by atoms with E-state index in [0.717, 1.165) is 60.8 Å². The quantitative estimate of drug-likeness (QED) is 0.353. The van der Waals surface area contributed by atoms with E-state index in [4.69, 9.17) is 0 Å². The van der Waals surface area contributed by atoms with Crippen molar-refractivity contribution in [3.05, 3.63) is 96.1 Å². The van der Waals surface area contributed by atoms with Gasteiger partial charge in [-0.15, -0.1) is 0 Å². The Morgan fingerprint density at radius 2 is 1.47 bits per heavy atom. The van der Waals surface area contributed by atoms with Crippen molar-refractivity contribution >= 4 is 22.1 Å². The predicted molar refractivity (Wildman–Crippen MR) is 133 cm³/mol. The topological polar surface area (TPSA) is 27.3 Å². The average molecular weight is 462 g/mol. The fourth-order valence-corrected chi connectivity index (χ4v) is 4.44. The molecule has 4 aromatic rings. The molecule has 0 amide bonds. The van der Waals surface area contributed by atoms with E-state index in [1.54, 1.807) is 0 Å². The molecule has 0 radical (unpaired) electrons. The normalized spacial score (nSPS) is 14.4. The molecule has 0 spiro atoms. The number of halogens is 3. The molecule has 5 rings (SSSR count). The summed E-state index contributed by atoms with van der Waals surface area (Å²) in [6, 6.07) is 26.2. The fraction of sp³-hybridized carbons (Fsp3) is 0.214. The number of piperazine rings is 1. The summed E-state index contributed by atoms with van der Waals surface area (Å²) < 4.78 is 39.0. The van der Waals surface area contributed by atoms with Crippen LogP contribution in [0.3, 0.4) is 0 Å². The summed E-state index contributed by atoms with van der Waals surface area (Å²) in [4.78, 5) is 2.34. The number of nitrogens with zero attached hydrogens (tertiary/aromatic N) is 1. The van der Waals surface area contributed by atoms with Crippen LogP contribution in [-0.2, 0) is 12.7 Å². The van der Waals surface area contributed by atoms with Gasteiger partial charge in [0.1, 0.15) is 0 Å². The van der Waals surface area contributed by atoms with Gasteiger partial charge >= 0.3 is 6.18 Å². The van der Waals surface area contributed by atoms with E-state index >= 15 is 0 Å². The number of nitrogens with one attached hydrogen (secondary N) is 2. The van der Waals surface area contributed by atoms with Gasteiger partial charge in [-0.1, -0.05) is 54.6 Å². The van der Waals surface area contributed by atoms with Crippen molar-refractivity contribution in [2.45, 2.75) is 12.7 Å². The van der Waals surface area contributed by atoms with Crippen molar-refractivity contribution in [3.63, 3.8) is 0 Å². The first kappa shape index (κ1) is 22.3.